The molecule has 0 aliphatic heterocycles. The topological polar surface area (TPSA) is 107 Å². The summed E-state index contributed by atoms with van der Waals surface area (Å²) in [5, 5.41) is 24.3. The average Bonchev–Trinajstić information content (AvgIpc) is 3.15. The van der Waals surface area contributed by atoms with Crippen molar-refractivity contribution in [3.63, 3.8) is 0 Å². The molecule has 1 N–H and O–H groups in total. The quantitative estimate of drug-likeness (QED) is 0.677. The molecule has 9 nitrogen and oxygen atoms in total. The van der Waals surface area contributed by atoms with Crippen LogP contribution >= 0.6 is 22.9 Å². The van der Waals surface area contributed by atoms with Crippen molar-refractivity contribution >= 4 is 39.6 Å². The number of aromatic nitrogens is 6. The van der Waals surface area contributed by atoms with Crippen LogP contribution in [0.25, 0.3) is 5.65 Å². The van der Waals surface area contributed by atoms with Crippen molar-refractivity contribution in [2.45, 2.75) is 25.9 Å². The lowest BCUT2D eigenvalue weighted by atomic mass is 10.2. The number of nitrogens with one attached hydrogen (secondary N) is 1. The van der Waals surface area contributed by atoms with Gasteiger partial charge in [0.25, 0.3) is 0 Å². The molecule has 0 spiro atoms. The van der Waals surface area contributed by atoms with Gasteiger partial charge in [-0.05, 0) is 18.6 Å². The second-order valence-corrected chi connectivity index (χ2v) is 6.33. The summed E-state index contributed by atoms with van der Waals surface area (Å²) >= 11 is 7.16. The largest absolute Gasteiger partial charge is 0.377 e. The van der Waals surface area contributed by atoms with Gasteiger partial charge in [0.1, 0.15) is 16.8 Å². The first kappa shape index (κ1) is 16.7. The molecule has 0 saturated carbocycles. The Balaban J connectivity index is 1.51. The van der Waals surface area contributed by atoms with Gasteiger partial charge in [0.05, 0.1) is 0 Å². The third-order valence-corrected chi connectivity index (χ3v) is 4.09. The minimum absolute atomic E-state index is 0.130. The maximum absolute atomic E-state index is 11.9. The van der Waals surface area contributed by atoms with Crippen molar-refractivity contribution in [1.82, 2.24) is 30.0 Å². The highest BCUT2D eigenvalue weighted by Crippen LogP contribution is 2.16. The first-order chi connectivity index (χ1) is 11.7. The zero-order valence-corrected chi connectivity index (χ0v) is 14.3. The molecule has 0 fully saturated rings. The first-order valence-corrected chi connectivity index (χ1v) is 8.33. The molecule has 3 heterocycles. The summed E-state index contributed by atoms with van der Waals surface area (Å²) in [5.41, 5.74) is 0.624. The molecule has 3 aromatic heterocycles. The van der Waals surface area contributed by atoms with E-state index in [2.05, 4.69) is 30.8 Å². The Labute approximate surface area is 146 Å². The zero-order chi connectivity index (χ0) is 16.9. The van der Waals surface area contributed by atoms with Crippen molar-refractivity contribution in [1.29, 1.82) is 0 Å². The van der Waals surface area contributed by atoms with E-state index in [1.54, 1.807) is 23.8 Å². The fourth-order valence-corrected chi connectivity index (χ4v) is 2.91. The summed E-state index contributed by atoms with van der Waals surface area (Å²) in [6.07, 6.45) is 1.49. The van der Waals surface area contributed by atoms with Gasteiger partial charge in [0.15, 0.2) is 11.5 Å². The van der Waals surface area contributed by atoms with Crippen LogP contribution < -0.4 is 5.32 Å². The number of fused-ring (bicyclic) bond motifs is 1. The number of carbonyl (C=O) groups excluding carboxylic acids is 1. The second-order valence-electron chi connectivity index (χ2n) is 4.88. The van der Waals surface area contributed by atoms with Gasteiger partial charge < -0.3 is 10.1 Å². The normalized spacial score (nSPS) is 11.1. The van der Waals surface area contributed by atoms with Crippen LogP contribution in [0.5, 0.6) is 0 Å². The summed E-state index contributed by atoms with van der Waals surface area (Å²) in [6, 6.07) is 3.40. The van der Waals surface area contributed by atoms with Crippen molar-refractivity contribution < 1.29 is 9.53 Å². The van der Waals surface area contributed by atoms with Crippen LogP contribution in [0.1, 0.15) is 23.7 Å². The van der Waals surface area contributed by atoms with Gasteiger partial charge in [-0.3, -0.25) is 4.79 Å². The Hall–Kier alpha value is -2.17. The van der Waals surface area contributed by atoms with E-state index in [4.69, 9.17) is 16.3 Å². The van der Waals surface area contributed by atoms with Gasteiger partial charge in [-0.25, -0.2) is 0 Å². The molecule has 0 atom stereocenters. The molecule has 0 radical (unpaired) electrons. The number of halogens is 1. The first-order valence-electron chi connectivity index (χ1n) is 7.13. The number of methoxy groups -OCH3 is 1. The fraction of sp³-hybridized carbons (Fsp3) is 0.385. The Morgan fingerprint density at radius 3 is 3.04 bits per heavy atom. The smallest absolute Gasteiger partial charge is 0.226 e. The van der Waals surface area contributed by atoms with E-state index in [9.17, 15) is 4.79 Å². The minimum Gasteiger partial charge on any atom is -0.377 e. The van der Waals surface area contributed by atoms with Gasteiger partial charge in [-0.15, -0.1) is 20.4 Å². The number of amides is 1. The summed E-state index contributed by atoms with van der Waals surface area (Å²) < 4.78 is 6.55. The SMILES string of the molecule is COCc1nnc(NC(=O)CCCc2nnc3ccc(Cl)nn23)s1. The Kier molecular flexibility index (Phi) is 5.28. The van der Waals surface area contributed by atoms with E-state index in [0.717, 1.165) is 0 Å². The summed E-state index contributed by atoms with van der Waals surface area (Å²) in [5.74, 6) is 0.536. The lowest BCUT2D eigenvalue weighted by molar-refractivity contribution is -0.116. The third-order valence-electron chi connectivity index (χ3n) is 3.08. The monoisotopic (exact) mass is 367 g/mol. The molecule has 11 heteroatoms. The maximum atomic E-state index is 11.9. The predicted octanol–water partition coefficient (Wildman–Crippen LogP) is 1.74. The molecule has 0 unspecified atom stereocenters. The molecule has 24 heavy (non-hydrogen) atoms. The maximum Gasteiger partial charge on any atom is 0.226 e. The van der Waals surface area contributed by atoms with Gasteiger partial charge in [-0.2, -0.15) is 9.61 Å². The molecule has 3 aromatic rings. The average molecular weight is 368 g/mol. The van der Waals surface area contributed by atoms with Crippen LogP contribution in [0, 0.1) is 0 Å². The van der Waals surface area contributed by atoms with Crippen molar-refractivity contribution in [3.8, 4) is 0 Å². The Morgan fingerprint density at radius 1 is 1.33 bits per heavy atom. The molecule has 126 valence electrons. The predicted molar refractivity (Wildman–Crippen MR) is 88.0 cm³/mol. The fourth-order valence-electron chi connectivity index (χ4n) is 2.04. The van der Waals surface area contributed by atoms with Gasteiger partial charge in [-0.1, -0.05) is 22.9 Å². The van der Waals surface area contributed by atoms with E-state index >= 15 is 0 Å². The Bertz CT molecular complexity index is 850. The number of rotatable bonds is 7. The molecule has 0 saturated heterocycles. The highest BCUT2D eigenvalue weighted by molar-refractivity contribution is 7.15. The van der Waals surface area contributed by atoms with Crippen molar-refractivity contribution in [2.75, 3.05) is 12.4 Å². The zero-order valence-electron chi connectivity index (χ0n) is 12.8. The highest BCUT2D eigenvalue weighted by atomic mass is 35.5. The third kappa shape index (κ3) is 4.02. The second kappa shape index (κ2) is 7.60. The minimum atomic E-state index is -0.130. The number of carbonyl (C=O) groups is 1. The van der Waals surface area contributed by atoms with E-state index in [-0.39, 0.29) is 5.91 Å². The van der Waals surface area contributed by atoms with E-state index in [0.29, 0.717) is 52.6 Å². The Morgan fingerprint density at radius 2 is 2.21 bits per heavy atom. The van der Waals surface area contributed by atoms with Crippen molar-refractivity contribution in [2.24, 2.45) is 0 Å². The van der Waals surface area contributed by atoms with Crippen LogP contribution in [0.4, 0.5) is 5.13 Å². The van der Waals surface area contributed by atoms with Crippen molar-refractivity contribution in [3.05, 3.63) is 28.1 Å². The van der Waals surface area contributed by atoms with Gasteiger partial charge >= 0.3 is 0 Å². The van der Waals surface area contributed by atoms with Crippen LogP contribution in [-0.4, -0.2) is 43.0 Å². The number of nitrogens with zero attached hydrogens (tertiary/aromatic N) is 6. The summed E-state index contributed by atoms with van der Waals surface area (Å²) in [4.78, 5) is 11.9. The highest BCUT2D eigenvalue weighted by Gasteiger charge is 2.11. The van der Waals surface area contributed by atoms with E-state index in [1.807, 2.05) is 0 Å². The molecule has 0 bridgehead atoms. The molecule has 3 rings (SSSR count). The van der Waals surface area contributed by atoms with Crippen LogP contribution in [-0.2, 0) is 22.6 Å². The molecular weight excluding hydrogens is 354 g/mol. The number of hydrogen-bond acceptors (Lipinski definition) is 8. The standard InChI is InChI=1S/C13H14ClN7O2S/c1-23-7-12-18-19-13(24-12)15-11(22)4-2-3-9-16-17-10-6-5-8(14)20-21(9)10/h5-6H,2-4,7H2,1H3,(H,15,19,22). The number of aryl methyl sites for hydroxylation is 1. The summed E-state index contributed by atoms with van der Waals surface area (Å²) in [6.45, 7) is 0.378. The molecule has 0 aliphatic carbocycles. The number of anilines is 1. The number of ether oxygens (including phenoxy) is 1. The molecule has 1 amide bonds. The van der Waals surface area contributed by atoms with E-state index in [1.165, 1.54) is 11.3 Å². The van der Waals surface area contributed by atoms with Crippen LogP contribution in [0.3, 0.4) is 0 Å². The summed E-state index contributed by atoms with van der Waals surface area (Å²) in [7, 11) is 1.58. The van der Waals surface area contributed by atoms with E-state index < -0.39 is 0 Å². The molecule has 0 aliphatic rings. The molecular formula is C13H14ClN7O2S. The number of hydrogen-bond donors (Lipinski definition) is 1. The van der Waals surface area contributed by atoms with Gasteiger partial charge in [0, 0.05) is 20.0 Å². The lowest BCUT2D eigenvalue weighted by Crippen LogP contribution is -2.11. The lowest BCUT2D eigenvalue weighted by Gasteiger charge is -2.01. The van der Waals surface area contributed by atoms with Crippen LogP contribution in [0.15, 0.2) is 12.1 Å². The van der Waals surface area contributed by atoms with Gasteiger partial charge in [0.2, 0.25) is 11.0 Å². The van der Waals surface area contributed by atoms with Crippen LogP contribution in [0.2, 0.25) is 5.15 Å². The molecule has 0 aromatic carbocycles.